The second-order valence-electron chi connectivity index (χ2n) is 6.29. The van der Waals surface area contributed by atoms with Gasteiger partial charge in [0.05, 0.1) is 16.8 Å². The number of nitrogens with one attached hydrogen (secondary N) is 2. The smallest absolute Gasteiger partial charge is 0.287 e. The minimum absolute atomic E-state index is 0.332. The monoisotopic (exact) mass is 405 g/mol. The van der Waals surface area contributed by atoms with Crippen LogP contribution in [0.4, 0.5) is 17.1 Å². The molecule has 0 fully saturated rings. The molecule has 0 aliphatic heterocycles. The average molecular weight is 405 g/mol. The molecule has 0 saturated carbocycles. The van der Waals surface area contributed by atoms with Gasteiger partial charge in [0.25, 0.3) is 5.91 Å². The molecule has 4 N–H and O–H groups in total. The first-order chi connectivity index (χ1) is 14.2. The summed E-state index contributed by atoms with van der Waals surface area (Å²) in [6, 6.07) is 14.8. The molecule has 29 heavy (non-hydrogen) atoms. The number of pyridine rings is 1. The van der Waals surface area contributed by atoms with Crippen LogP contribution in [0.2, 0.25) is 0 Å². The number of carbonyl (C=O) groups excluding carboxylic acids is 1. The molecule has 0 bridgehead atoms. The highest BCUT2D eigenvalue weighted by atomic mass is 32.1. The molecule has 4 aromatic rings. The molecule has 0 unspecified atom stereocenters. The number of para-hydroxylation sites is 1. The second kappa shape index (κ2) is 8.15. The normalized spacial score (nSPS) is 10.7. The van der Waals surface area contributed by atoms with Crippen molar-refractivity contribution in [3.63, 3.8) is 0 Å². The molecular weight excluding hydrogens is 386 g/mol. The Hall–Kier alpha value is -3.65. The highest BCUT2D eigenvalue weighted by Crippen LogP contribution is 2.31. The van der Waals surface area contributed by atoms with Crippen molar-refractivity contribution in [3.05, 3.63) is 71.4 Å². The van der Waals surface area contributed by atoms with E-state index in [4.69, 9.17) is 10.6 Å². The van der Waals surface area contributed by atoms with Crippen LogP contribution in [-0.4, -0.2) is 15.9 Å². The van der Waals surface area contributed by atoms with E-state index in [1.165, 1.54) is 17.5 Å². The molecule has 0 aliphatic rings. The van der Waals surface area contributed by atoms with Gasteiger partial charge in [-0.25, -0.2) is 9.97 Å². The van der Waals surface area contributed by atoms with Crippen molar-refractivity contribution >= 4 is 44.7 Å². The predicted molar refractivity (Wildman–Crippen MR) is 115 cm³/mol. The summed E-state index contributed by atoms with van der Waals surface area (Å²) in [6.45, 7) is 2.08. The number of benzene rings is 2. The van der Waals surface area contributed by atoms with Crippen LogP contribution in [0.5, 0.6) is 5.75 Å². The maximum atomic E-state index is 12.9. The standard InChI is InChI=1S/C21H19N5O2S/c1-2-13-6-3-4-9-17(13)25-18-16(11-23-21-19(18)24-12-29-21)20(27)26-28-15-8-5-7-14(22)10-15/h3-12H,2,22H2,1H3,(H,23,25)(H,26,27). The maximum absolute atomic E-state index is 12.9. The molecule has 0 aliphatic carbocycles. The Balaban J connectivity index is 1.67. The Bertz CT molecular complexity index is 1170. The number of amides is 1. The highest BCUT2D eigenvalue weighted by Gasteiger charge is 2.19. The maximum Gasteiger partial charge on any atom is 0.287 e. The number of hydrogen-bond donors (Lipinski definition) is 3. The molecule has 7 nitrogen and oxygen atoms in total. The fourth-order valence-corrected chi connectivity index (χ4v) is 3.58. The van der Waals surface area contributed by atoms with Crippen molar-refractivity contribution in [2.24, 2.45) is 0 Å². The van der Waals surface area contributed by atoms with Crippen molar-refractivity contribution in [2.75, 3.05) is 11.1 Å². The van der Waals surface area contributed by atoms with Gasteiger partial charge in [-0.3, -0.25) is 4.79 Å². The lowest BCUT2D eigenvalue weighted by Crippen LogP contribution is -2.28. The molecule has 2 aromatic carbocycles. The average Bonchev–Trinajstić information content (AvgIpc) is 3.22. The lowest BCUT2D eigenvalue weighted by Gasteiger charge is -2.15. The van der Waals surface area contributed by atoms with E-state index in [-0.39, 0.29) is 0 Å². The zero-order valence-electron chi connectivity index (χ0n) is 15.7. The summed E-state index contributed by atoms with van der Waals surface area (Å²) in [6.07, 6.45) is 2.38. The number of nitrogen functional groups attached to an aromatic ring is 1. The van der Waals surface area contributed by atoms with Crippen molar-refractivity contribution < 1.29 is 9.63 Å². The zero-order chi connectivity index (χ0) is 20.2. The summed E-state index contributed by atoms with van der Waals surface area (Å²) in [4.78, 5) is 27.8. The number of aromatic nitrogens is 2. The fourth-order valence-electron chi connectivity index (χ4n) is 2.94. The number of thiazole rings is 1. The Morgan fingerprint density at radius 1 is 1.17 bits per heavy atom. The summed E-state index contributed by atoms with van der Waals surface area (Å²) in [5.74, 6) is -0.00168. The van der Waals surface area contributed by atoms with Gasteiger partial charge in [-0.2, -0.15) is 5.48 Å². The Kier molecular flexibility index (Phi) is 5.26. The first-order valence-corrected chi connectivity index (χ1v) is 9.93. The van der Waals surface area contributed by atoms with Crippen LogP contribution in [-0.2, 0) is 6.42 Å². The number of anilines is 3. The van der Waals surface area contributed by atoms with E-state index in [0.717, 1.165) is 22.5 Å². The van der Waals surface area contributed by atoms with E-state index >= 15 is 0 Å². The third kappa shape index (κ3) is 3.97. The Morgan fingerprint density at radius 3 is 2.86 bits per heavy atom. The molecule has 4 rings (SSSR count). The number of nitrogens with zero attached hydrogens (tertiary/aromatic N) is 2. The van der Waals surface area contributed by atoms with Gasteiger partial charge in [-0.1, -0.05) is 31.2 Å². The topological polar surface area (TPSA) is 102 Å². The van der Waals surface area contributed by atoms with Crippen LogP contribution < -0.4 is 21.4 Å². The molecular formula is C21H19N5O2S. The molecule has 2 heterocycles. The van der Waals surface area contributed by atoms with E-state index in [1.54, 1.807) is 29.8 Å². The number of hydrogen-bond acceptors (Lipinski definition) is 7. The summed E-state index contributed by atoms with van der Waals surface area (Å²) in [5, 5.41) is 3.38. The summed E-state index contributed by atoms with van der Waals surface area (Å²) in [5.41, 5.74) is 14.1. The lowest BCUT2D eigenvalue weighted by atomic mass is 10.1. The van der Waals surface area contributed by atoms with E-state index < -0.39 is 5.91 Å². The van der Waals surface area contributed by atoms with Gasteiger partial charge in [-0.15, -0.1) is 11.3 Å². The van der Waals surface area contributed by atoms with Crippen LogP contribution in [0.1, 0.15) is 22.8 Å². The number of fused-ring (bicyclic) bond motifs is 1. The molecule has 8 heteroatoms. The number of rotatable bonds is 6. The number of carbonyl (C=O) groups is 1. The van der Waals surface area contributed by atoms with Gasteiger partial charge in [0.15, 0.2) is 5.75 Å². The van der Waals surface area contributed by atoms with E-state index in [1.807, 2.05) is 24.3 Å². The molecule has 0 saturated heterocycles. The first kappa shape index (κ1) is 18.7. The van der Waals surface area contributed by atoms with Crippen molar-refractivity contribution in [3.8, 4) is 5.75 Å². The van der Waals surface area contributed by atoms with Crippen LogP contribution in [0, 0.1) is 0 Å². The third-order valence-electron chi connectivity index (χ3n) is 4.39. The van der Waals surface area contributed by atoms with Crippen molar-refractivity contribution in [1.29, 1.82) is 0 Å². The largest absolute Gasteiger partial charge is 0.399 e. The molecule has 146 valence electrons. The second-order valence-corrected chi connectivity index (χ2v) is 7.13. The molecule has 0 radical (unpaired) electrons. The summed E-state index contributed by atoms with van der Waals surface area (Å²) < 4.78 is 0. The number of hydroxylamine groups is 1. The van der Waals surface area contributed by atoms with Gasteiger partial charge in [0, 0.05) is 23.6 Å². The Labute approximate surface area is 171 Å². The van der Waals surface area contributed by atoms with Crippen molar-refractivity contribution in [1.82, 2.24) is 15.4 Å². The molecule has 1 amide bonds. The van der Waals surface area contributed by atoms with Gasteiger partial charge >= 0.3 is 0 Å². The minimum atomic E-state index is -0.439. The van der Waals surface area contributed by atoms with Gasteiger partial charge in [0.1, 0.15) is 10.3 Å². The van der Waals surface area contributed by atoms with E-state index in [2.05, 4.69) is 27.7 Å². The van der Waals surface area contributed by atoms with Gasteiger partial charge in [-0.05, 0) is 30.2 Å². The zero-order valence-corrected chi connectivity index (χ0v) is 16.5. The first-order valence-electron chi connectivity index (χ1n) is 9.05. The van der Waals surface area contributed by atoms with Crippen LogP contribution in [0.3, 0.4) is 0 Å². The highest BCUT2D eigenvalue weighted by molar-refractivity contribution is 7.16. The fraction of sp³-hybridized carbons (Fsp3) is 0.0952. The van der Waals surface area contributed by atoms with Crippen LogP contribution >= 0.6 is 11.3 Å². The van der Waals surface area contributed by atoms with Crippen LogP contribution in [0.25, 0.3) is 10.3 Å². The number of aryl methyl sites for hydroxylation is 1. The summed E-state index contributed by atoms with van der Waals surface area (Å²) in [7, 11) is 0. The van der Waals surface area contributed by atoms with Gasteiger partial charge in [0.2, 0.25) is 0 Å². The SMILES string of the molecule is CCc1ccccc1Nc1c(C(=O)NOc2cccc(N)c2)cnc2scnc12. The summed E-state index contributed by atoms with van der Waals surface area (Å²) >= 11 is 1.42. The molecule has 2 aromatic heterocycles. The minimum Gasteiger partial charge on any atom is -0.399 e. The molecule has 0 atom stereocenters. The number of nitrogens with two attached hydrogens (primary N) is 1. The van der Waals surface area contributed by atoms with Crippen LogP contribution in [0.15, 0.2) is 60.2 Å². The quantitative estimate of drug-likeness (QED) is 0.326. The predicted octanol–water partition coefficient (Wildman–Crippen LogP) is 4.30. The van der Waals surface area contributed by atoms with E-state index in [0.29, 0.717) is 28.2 Å². The molecule has 0 spiro atoms. The lowest BCUT2D eigenvalue weighted by molar-refractivity contribution is 0.0760. The Morgan fingerprint density at radius 2 is 2.03 bits per heavy atom. The van der Waals surface area contributed by atoms with Crippen molar-refractivity contribution in [2.45, 2.75) is 13.3 Å². The third-order valence-corrected chi connectivity index (χ3v) is 5.12. The van der Waals surface area contributed by atoms with E-state index in [9.17, 15) is 4.79 Å². The van der Waals surface area contributed by atoms with Gasteiger partial charge < -0.3 is 15.9 Å².